The average molecular weight is 276 g/mol. The second-order valence-electron chi connectivity index (χ2n) is 5.65. The van der Waals surface area contributed by atoms with Gasteiger partial charge in [0.25, 0.3) is 0 Å². The molecule has 1 aliphatic heterocycles. The first-order chi connectivity index (χ1) is 9.72. The topological polar surface area (TPSA) is 31.4 Å². The van der Waals surface area contributed by atoms with Gasteiger partial charge in [0, 0.05) is 51.5 Å². The Morgan fingerprint density at radius 2 is 2.00 bits per heavy atom. The number of hydrogen-bond donors (Lipinski definition) is 1. The summed E-state index contributed by atoms with van der Waals surface area (Å²) in [5, 5.41) is 3.28. The molecule has 1 aromatic heterocycles. The molecule has 0 saturated carbocycles. The number of hydrogen-bond acceptors (Lipinski definition) is 4. The van der Waals surface area contributed by atoms with Gasteiger partial charge >= 0.3 is 0 Å². The quantitative estimate of drug-likeness (QED) is 0.864. The zero-order valence-electron chi connectivity index (χ0n) is 13.1. The van der Waals surface area contributed by atoms with E-state index in [-0.39, 0.29) is 0 Å². The van der Waals surface area contributed by atoms with E-state index in [1.54, 1.807) is 0 Å². The standard InChI is InChI=1S/C16H28N4/c1-4-14(3)20-10-8-19(9-11-20)13-15-6-7-18-16(12-15)17-5-2/h6-7,12,14H,4-5,8-11,13H2,1-3H3,(H,17,18). The predicted molar refractivity (Wildman–Crippen MR) is 85.0 cm³/mol. The summed E-state index contributed by atoms with van der Waals surface area (Å²) in [6.45, 7) is 13.4. The molecule has 1 aliphatic rings. The summed E-state index contributed by atoms with van der Waals surface area (Å²) in [6.07, 6.45) is 3.15. The highest BCUT2D eigenvalue weighted by Gasteiger charge is 2.19. The summed E-state index contributed by atoms with van der Waals surface area (Å²) in [5.74, 6) is 0.989. The lowest BCUT2D eigenvalue weighted by molar-refractivity contribution is 0.0963. The van der Waals surface area contributed by atoms with Gasteiger partial charge in [-0.3, -0.25) is 9.80 Å². The molecule has 2 rings (SSSR count). The van der Waals surface area contributed by atoms with Crippen molar-refractivity contribution in [3.8, 4) is 0 Å². The van der Waals surface area contributed by atoms with Crippen molar-refractivity contribution in [1.29, 1.82) is 0 Å². The molecular weight excluding hydrogens is 248 g/mol. The van der Waals surface area contributed by atoms with Crippen molar-refractivity contribution >= 4 is 5.82 Å². The molecule has 1 atom stereocenters. The van der Waals surface area contributed by atoms with Crippen molar-refractivity contribution in [3.63, 3.8) is 0 Å². The number of nitrogens with one attached hydrogen (secondary N) is 1. The molecule has 1 saturated heterocycles. The van der Waals surface area contributed by atoms with E-state index in [1.165, 1.54) is 38.2 Å². The lowest BCUT2D eigenvalue weighted by Gasteiger charge is -2.37. The molecule has 20 heavy (non-hydrogen) atoms. The van der Waals surface area contributed by atoms with Crippen LogP contribution in [0, 0.1) is 0 Å². The molecule has 1 N–H and O–H groups in total. The van der Waals surface area contributed by atoms with Crippen molar-refractivity contribution < 1.29 is 0 Å². The highest BCUT2D eigenvalue weighted by atomic mass is 15.3. The van der Waals surface area contributed by atoms with Gasteiger partial charge in [-0.25, -0.2) is 4.98 Å². The molecule has 4 nitrogen and oxygen atoms in total. The van der Waals surface area contributed by atoms with Crippen LogP contribution in [-0.2, 0) is 6.54 Å². The molecule has 1 unspecified atom stereocenters. The largest absolute Gasteiger partial charge is 0.370 e. The molecule has 1 fully saturated rings. The van der Waals surface area contributed by atoms with Gasteiger partial charge in [0.15, 0.2) is 0 Å². The van der Waals surface area contributed by atoms with E-state index in [0.717, 1.165) is 24.9 Å². The van der Waals surface area contributed by atoms with Gasteiger partial charge in [-0.05, 0) is 38.0 Å². The fourth-order valence-corrected chi connectivity index (χ4v) is 2.73. The van der Waals surface area contributed by atoms with E-state index in [0.29, 0.717) is 0 Å². The summed E-state index contributed by atoms with van der Waals surface area (Å²) in [4.78, 5) is 9.48. The fraction of sp³-hybridized carbons (Fsp3) is 0.688. The molecule has 0 aromatic carbocycles. The summed E-state index contributed by atoms with van der Waals surface area (Å²) >= 11 is 0. The highest BCUT2D eigenvalue weighted by molar-refractivity contribution is 5.37. The van der Waals surface area contributed by atoms with E-state index < -0.39 is 0 Å². The van der Waals surface area contributed by atoms with E-state index in [2.05, 4.69) is 53.0 Å². The first-order valence-corrected chi connectivity index (χ1v) is 7.88. The lowest BCUT2D eigenvalue weighted by atomic mass is 10.1. The third kappa shape index (κ3) is 4.18. The third-order valence-electron chi connectivity index (χ3n) is 4.21. The first-order valence-electron chi connectivity index (χ1n) is 7.88. The molecule has 0 aliphatic carbocycles. The van der Waals surface area contributed by atoms with Crippen LogP contribution in [0.25, 0.3) is 0 Å². The van der Waals surface area contributed by atoms with Gasteiger partial charge in [0.1, 0.15) is 5.82 Å². The van der Waals surface area contributed by atoms with Crippen LogP contribution in [0.2, 0.25) is 0 Å². The molecule has 0 radical (unpaired) electrons. The molecular formula is C16H28N4. The van der Waals surface area contributed by atoms with Gasteiger partial charge in [-0.15, -0.1) is 0 Å². The first kappa shape index (κ1) is 15.3. The molecule has 0 amide bonds. The number of piperazine rings is 1. The van der Waals surface area contributed by atoms with Crippen molar-refractivity contribution in [2.24, 2.45) is 0 Å². The maximum atomic E-state index is 4.33. The van der Waals surface area contributed by atoms with Crippen LogP contribution in [0.3, 0.4) is 0 Å². The minimum absolute atomic E-state index is 0.721. The summed E-state index contributed by atoms with van der Waals surface area (Å²) in [6, 6.07) is 5.02. The van der Waals surface area contributed by atoms with E-state index >= 15 is 0 Å². The maximum Gasteiger partial charge on any atom is 0.126 e. The average Bonchev–Trinajstić information content (AvgIpc) is 2.48. The zero-order chi connectivity index (χ0) is 14.4. The maximum absolute atomic E-state index is 4.33. The molecule has 112 valence electrons. The van der Waals surface area contributed by atoms with Crippen LogP contribution in [0.5, 0.6) is 0 Å². The van der Waals surface area contributed by atoms with Crippen molar-refractivity contribution in [1.82, 2.24) is 14.8 Å². The van der Waals surface area contributed by atoms with E-state index in [4.69, 9.17) is 0 Å². The van der Waals surface area contributed by atoms with E-state index in [1.807, 2.05) is 6.20 Å². The Morgan fingerprint density at radius 1 is 1.25 bits per heavy atom. The molecule has 0 bridgehead atoms. The van der Waals surface area contributed by atoms with Gasteiger partial charge < -0.3 is 5.32 Å². The molecule has 2 heterocycles. The predicted octanol–water partition coefficient (Wildman–Crippen LogP) is 2.43. The van der Waals surface area contributed by atoms with Gasteiger partial charge in [-0.1, -0.05) is 6.92 Å². The second-order valence-corrected chi connectivity index (χ2v) is 5.65. The Hall–Kier alpha value is -1.13. The van der Waals surface area contributed by atoms with Crippen LogP contribution in [-0.4, -0.2) is 53.5 Å². The number of nitrogens with zero attached hydrogens (tertiary/aromatic N) is 3. The van der Waals surface area contributed by atoms with Crippen LogP contribution in [0.15, 0.2) is 18.3 Å². The monoisotopic (exact) mass is 276 g/mol. The van der Waals surface area contributed by atoms with Gasteiger partial charge in [-0.2, -0.15) is 0 Å². The Morgan fingerprint density at radius 3 is 2.65 bits per heavy atom. The fourth-order valence-electron chi connectivity index (χ4n) is 2.73. The SMILES string of the molecule is CCNc1cc(CN2CCN(C(C)CC)CC2)ccn1. The third-order valence-corrected chi connectivity index (χ3v) is 4.21. The summed E-state index contributed by atoms with van der Waals surface area (Å²) in [7, 11) is 0. The van der Waals surface area contributed by atoms with Crippen LogP contribution in [0.1, 0.15) is 32.8 Å². The minimum Gasteiger partial charge on any atom is -0.370 e. The Kier molecular flexibility index (Phi) is 5.80. The Balaban J connectivity index is 1.84. The van der Waals surface area contributed by atoms with Crippen LogP contribution in [0.4, 0.5) is 5.82 Å². The van der Waals surface area contributed by atoms with Crippen molar-refractivity contribution in [2.75, 3.05) is 38.0 Å². The number of aromatic nitrogens is 1. The summed E-state index contributed by atoms with van der Waals surface area (Å²) in [5.41, 5.74) is 1.35. The minimum atomic E-state index is 0.721. The smallest absolute Gasteiger partial charge is 0.126 e. The summed E-state index contributed by atoms with van der Waals surface area (Å²) < 4.78 is 0. The highest BCUT2D eigenvalue weighted by Crippen LogP contribution is 2.13. The number of anilines is 1. The zero-order valence-corrected chi connectivity index (χ0v) is 13.1. The van der Waals surface area contributed by atoms with Crippen LogP contribution >= 0.6 is 0 Å². The lowest BCUT2D eigenvalue weighted by Crippen LogP contribution is -2.48. The molecule has 4 heteroatoms. The van der Waals surface area contributed by atoms with Gasteiger partial charge in [0.2, 0.25) is 0 Å². The molecule has 0 spiro atoms. The van der Waals surface area contributed by atoms with Crippen LogP contribution < -0.4 is 5.32 Å². The van der Waals surface area contributed by atoms with E-state index in [9.17, 15) is 0 Å². The Labute approximate surface area is 123 Å². The molecule has 1 aromatic rings. The normalized spacial score (nSPS) is 18.9. The van der Waals surface area contributed by atoms with Gasteiger partial charge in [0.05, 0.1) is 0 Å². The Bertz CT molecular complexity index is 399. The van der Waals surface area contributed by atoms with Crippen molar-refractivity contribution in [2.45, 2.75) is 39.8 Å². The van der Waals surface area contributed by atoms with Crippen molar-refractivity contribution in [3.05, 3.63) is 23.9 Å². The number of rotatable bonds is 6. The second kappa shape index (κ2) is 7.60. The number of pyridine rings is 1.